The first-order valence-electron chi connectivity index (χ1n) is 8.62. The van der Waals surface area contributed by atoms with Crippen molar-refractivity contribution in [3.05, 3.63) is 60.2 Å². The molecule has 6 heteroatoms. The highest BCUT2D eigenvalue weighted by molar-refractivity contribution is 7.98. The summed E-state index contributed by atoms with van der Waals surface area (Å²) < 4.78 is 0. The van der Waals surface area contributed by atoms with Crippen molar-refractivity contribution in [2.75, 3.05) is 37.8 Å². The number of nitrogens with one attached hydrogen (secondary N) is 1. The zero-order valence-corrected chi connectivity index (χ0v) is 16.8. The molecule has 0 atom stereocenters. The van der Waals surface area contributed by atoms with Crippen molar-refractivity contribution in [3.63, 3.8) is 0 Å². The van der Waals surface area contributed by atoms with Gasteiger partial charge in [0.1, 0.15) is 0 Å². The monoisotopic (exact) mass is 393 g/mol. The van der Waals surface area contributed by atoms with Crippen molar-refractivity contribution < 1.29 is 4.79 Å². The van der Waals surface area contributed by atoms with Crippen LogP contribution in [-0.2, 0) is 11.2 Å². The third-order valence-corrected chi connectivity index (χ3v) is 4.84. The summed E-state index contributed by atoms with van der Waals surface area (Å²) in [6.45, 7) is 3.04. The lowest BCUT2D eigenvalue weighted by Gasteiger charge is -2.21. The van der Waals surface area contributed by atoms with E-state index in [4.69, 9.17) is 5.73 Å². The Morgan fingerprint density at radius 1 is 1.04 bits per heavy atom. The SMILES string of the molecule is CSc1ccccc1NC(=O)CCN(CCN)CCc1ccccc1.Cl. The number of para-hydroxylation sites is 1. The topological polar surface area (TPSA) is 58.4 Å². The largest absolute Gasteiger partial charge is 0.329 e. The summed E-state index contributed by atoms with van der Waals surface area (Å²) in [5.41, 5.74) is 7.91. The van der Waals surface area contributed by atoms with Crippen molar-refractivity contribution in [1.82, 2.24) is 4.90 Å². The van der Waals surface area contributed by atoms with Crippen LogP contribution in [0.15, 0.2) is 59.5 Å². The molecule has 4 nitrogen and oxygen atoms in total. The molecule has 0 spiro atoms. The average Bonchev–Trinajstić information content (AvgIpc) is 2.65. The molecule has 3 N–H and O–H groups in total. The van der Waals surface area contributed by atoms with E-state index in [1.807, 2.05) is 36.6 Å². The van der Waals surface area contributed by atoms with Crippen LogP contribution in [-0.4, -0.2) is 43.2 Å². The first-order valence-corrected chi connectivity index (χ1v) is 9.84. The molecular weight excluding hydrogens is 366 g/mol. The predicted octanol–water partition coefficient (Wildman–Crippen LogP) is 3.66. The molecule has 0 fully saturated rings. The van der Waals surface area contributed by atoms with Gasteiger partial charge in [-0.2, -0.15) is 0 Å². The van der Waals surface area contributed by atoms with Crippen LogP contribution in [0.4, 0.5) is 5.69 Å². The Labute approximate surface area is 166 Å². The first-order chi connectivity index (χ1) is 12.2. The van der Waals surface area contributed by atoms with E-state index in [2.05, 4.69) is 34.5 Å². The number of thioether (sulfide) groups is 1. The average molecular weight is 394 g/mol. The third-order valence-electron chi connectivity index (χ3n) is 4.04. The highest BCUT2D eigenvalue weighted by Crippen LogP contribution is 2.24. The molecule has 2 aromatic carbocycles. The van der Waals surface area contributed by atoms with Gasteiger partial charge in [0, 0.05) is 37.5 Å². The lowest BCUT2D eigenvalue weighted by atomic mass is 10.1. The first kappa shape index (κ1) is 22.5. The summed E-state index contributed by atoms with van der Waals surface area (Å²) in [5.74, 6) is 0.0447. The summed E-state index contributed by atoms with van der Waals surface area (Å²) in [6.07, 6.45) is 3.45. The zero-order valence-electron chi connectivity index (χ0n) is 15.2. The zero-order chi connectivity index (χ0) is 17.9. The molecule has 0 saturated heterocycles. The van der Waals surface area contributed by atoms with Crippen LogP contribution >= 0.6 is 24.2 Å². The molecule has 0 saturated carbocycles. The summed E-state index contributed by atoms with van der Waals surface area (Å²) in [6, 6.07) is 18.3. The van der Waals surface area contributed by atoms with E-state index in [-0.39, 0.29) is 18.3 Å². The summed E-state index contributed by atoms with van der Waals surface area (Å²) in [7, 11) is 0. The molecule has 0 unspecified atom stereocenters. The minimum absolute atomic E-state index is 0. The highest BCUT2D eigenvalue weighted by atomic mass is 35.5. The fourth-order valence-corrected chi connectivity index (χ4v) is 3.22. The van der Waals surface area contributed by atoms with Crippen LogP contribution in [0.25, 0.3) is 0 Å². The van der Waals surface area contributed by atoms with Gasteiger partial charge in [-0.05, 0) is 30.4 Å². The van der Waals surface area contributed by atoms with E-state index in [1.165, 1.54) is 5.56 Å². The van der Waals surface area contributed by atoms with Crippen molar-refractivity contribution in [1.29, 1.82) is 0 Å². The fraction of sp³-hybridized carbons (Fsp3) is 0.350. The lowest BCUT2D eigenvalue weighted by molar-refractivity contribution is -0.116. The second-order valence-electron chi connectivity index (χ2n) is 5.86. The van der Waals surface area contributed by atoms with Gasteiger partial charge in [-0.1, -0.05) is 42.5 Å². The number of carbonyl (C=O) groups is 1. The molecule has 0 aromatic heterocycles. The molecular formula is C20H28ClN3OS. The third kappa shape index (κ3) is 7.79. The number of nitrogens with zero attached hydrogens (tertiary/aromatic N) is 1. The molecule has 0 radical (unpaired) electrons. The van der Waals surface area contributed by atoms with Gasteiger partial charge in [0.25, 0.3) is 0 Å². The number of carbonyl (C=O) groups excluding carboxylic acids is 1. The molecule has 0 aliphatic rings. The maximum Gasteiger partial charge on any atom is 0.225 e. The minimum atomic E-state index is 0. The molecule has 2 aromatic rings. The van der Waals surface area contributed by atoms with E-state index in [1.54, 1.807) is 11.8 Å². The van der Waals surface area contributed by atoms with E-state index < -0.39 is 0 Å². The maximum atomic E-state index is 12.3. The second kappa shape index (κ2) is 12.8. The van der Waals surface area contributed by atoms with Crippen molar-refractivity contribution in [2.45, 2.75) is 17.7 Å². The number of hydrogen-bond donors (Lipinski definition) is 2. The number of nitrogens with two attached hydrogens (primary N) is 1. The van der Waals surface area contributed by atoms with Gasteiger partial charge >= 0.3 is 0 Å². The normalized spacial score (nSPS) is 10.4. The van der Waals surface area contributed by atoms with Crippen LogP contribution in [0.5, 0.6) is 0 Å². The fourth-order valence-electron chi connectivity index (χ4n) is 2.67. The van der Waals surface area contributed by atoms with Gasteiger partial charge < -0.3 is 16.0 Å². The Kier molecular flexibility index (Phi) is 11.1. The van der Waals surface area contributed by atoms with Gasteiger partial charge in [-0.25, -0.2) is 0 Å². The number of benzene rings is 2. The van der Waals surface area contributed by atoms with E-state index in [9.17, 15) is 4.79 Å². The standard InChI is InChI=1S/C20H27N3OS.ClH/c1-25-19-10-6-5-9-18(19)22-20(24)12-15-23(16-13-21)14-11-17-7-3-2-4-8-17;/h2-10H,11-16,21H2,1H3,(H,22,24);1H. The number of halogens is 1. The Hall–Kier alpha value is -1.53. The number of anilines is 1. The van der Waals surface area contributed by atoms with E-state index in [0.29, 0.717) is 13.0 Å². The molecule has 26 heavy (non-hydrogen) atoms. The predicted molar refractivity (Wildman–Crippen MR) is 114 cm³/mol. The highest BCUT2D eigenvalue weighted by Gasteiger charge is 2.10. The van der Waals surface area contributed by atoms with E-state index >= 15 is 0 Å². The van der Waals surface area contributed by atoms with Gasteiger partial charge in [0.2, 0.25) is 5.91 Å². The van der Waals surface area contributed by atoms with Crippen LogP contribution in [0.1, 0.15) is 12.0 Å². The molecule has 1 amide bonds. The number of amides is 1. The molecule has 142 valence electrons. The maximum absolute atomic E-state index is 12.3. The van der Waals surface area contributed by atoms with Gasteiger partial charge in [-0.15, -0.1) is 24.2 Å². The molecule has 0 bridgehead atoms. The van der Waals surface area contributed by atoms with Crippen LogP contribution in [0.3, 0.4) is 0 Å². The smallest absolute Gasteiger partial charge is 0.225 e. The van der Waals surface area contributed by atoms with Crippen LogP contribution in [0, 0.1) is 0 Å². The molecule has 0 aliphatic carbocycles. The van der Waals surface area contributed by atoms with Crippen molar-refractivity contribution in [2.24, 2.45) is 5.73 Å². The van der Waals surface area contributed by atoms with Crippen LogP contribution < -0.4 is 11.1 Å². The Balaban J connectivity index is 0.00000338. The lowest BCUT2D eigenvalue weighted by Crippen LogP contribution is -2.34. The molecule has 2 rings (SSSR count). The molecule has 0 aliphatic heterocycles. The van der Waals surface area contributed by atoms with Crippen LogP contribution in [0.2, 0.25) is 0 Å². The Morgan fingerprint density at radius 2 is 1.73 bits per heavy atom. The second-order valence-corrected chi connectivity index (χ2v) is 6.71. The number of rotatable bonds is 10. The van der Waals surface area contributed by atoms with E-state index in [0.717, 1.165) is 36.6 Å². The Bertz CT molecular complexity index is 655. The van der Waals surface area contributed by atoms with Gasteiger partial charge in [-0.3, -0.25) is 4.79 Å². The van der Waals surface area contributed by atoms with Crippen molar-refractivity contribution >= 4 is 35.8 Å². The Morgan fingerprint density at radius 3 is 2.42 bits per heavy atom. The van der Waals surface area contributed by atoms with Gasteiger partial charge in [0.15, 0.2) is 0 Å². The summed E-state index contributed by atoms with van der Waals surface area (Å²) >= 11 is 1.63. The summed E-state index contributed by atoms with van der Waals surface area (Å²) in [5, 5.41) is 3.02. The number of hydrogen-bond acceptors (Lipinski definition) is 4. The molecule has 0 heterocycles. The quantitative estimate of drug-likeness (QED) is 0.605. The van der Waals surface area contributed by atoms with Gasteiger partial charge in [0.05, 0.1) is 5.69 Å². The minimum Gasteiger partial charge on any atom is -0.329 e. The summed E-state index contributed by atoms with van der Waals surface area (Å²) in [4.78, 5) is 15.6. The van der Waals surface area contributed by atoms with Crippen molar-refractivity contribution in [3.8, 4) is 0 Å².